The summed E-state index contributed by atoms with van der Waals surface area (Å²) in [4.78, 5) is 61.5. The van der Waals surface area contributed by atoms with E-state index >= 15 is 0 Å². The van der Waals surface area contributed by atoms with E-state index in [2.05, 4.69) is 20.9 Å². The van der Waals surface area contributed by atoms with Gasteiger partial charge in [-0.15, -0.1) is 0 Å². The number of nitrogens with zero attached hydrogens (tertiary/aromatic N) is 1. The molecule has 0 aromatic heterocycles. The van der Waals surface area contributed by atoms with Crippen LogP contribution >= 0.6 is 0 Å². The van der Waals surface area contributed by atoms with E-state index in [1.54, 1.807) is 0 Å². The fraction of sp³-hybridized carbons (Fsp3) is 0.600. The maximum absolute atomic E-state index is 12.3. The zero-order valence-electron chi connectivity index (χ0n) is 16.0. The molecule has 0 aromatic carbocycles. The number of rotatable bonds is 13. The van der Waals surface area contributed by atoms with Crippen molar-refractivity contribution in [3.63, 3.8) is 0 Å². The van der Waals surface area contributed by atoms with Crippen LogP contribution in [0.25, 0.3) is 0 Å². The summed E-state index contributed by atoms with van der Waals surface area (Å²) >= 11 is 0. The molecule has 3 unspecified atom stereocenters. The summed E-state index contributed by atoms with van der Waals surface area (Å²) in [6.07, 6.45) is -0.101. The average molecular weight is 416 g/mol. The number of hydrogen-bond donors (Lipinski definition) is 8. The zero-order valence-corrected chi connectivity index (χ0v) is 16.0. The highest BCUT2D eigenvalue weighted by Gasteiger charge is 2.24. The van der Waals surface area contributed by atoms with Crippen molar-refractivity contribution in [3.8, 4) is 0 Å². The number of primary amides is 1. The first-order valence-electron chi connectivity index (χ1n) is 8.63. The van der Waals surface area contributed by atoms with Crippen molar-refractivity contribution in [2.75, 3.05) is 13.1 Å². The number of nitrogens with two attached hydrogens (primary N) is 4. The monoisotopic (exact) mass is 416 g/mol. The lowest BCUT2D eigenvalue weighted by Crippen LogP contribution is -2.53. The van der Waals surface area contributed by atoms with Crippen LogP contribution in [0.1, 0.15) is 26.2 Å². The summed E-state index contributed by atoms with van der Waals surface area (Å²) in [5.41, 5.74) is 20.8. The largest absolute Gasteiger partial charge is 0.480 e. The van der Waals surface area contributed by atoms with Gasteiger partial charge in [-0.1, -0.05) is 0 Å². The van der Waals surface area contributed by atoms with Crippen LogP contribution in [-0.2, 0) is 24.0 Å². The van der Waals surface area contributed by atoms with Gasteiger partial charge in [0.15, 0.2) is 5.96 Å². The lowest BCUT2D eigenvalue weighted by molar-refractivity contribution is -0.143. The summed E-state index contributed by atoms with van der Waals surface area (Å²) in [5.74, 6) is -4.62. The van der Waals surface area contributed by atoms with E-state index < -0.39 is 60.7 Å². The van der Waals surface area contributed by atoms with Crippen molar-refractivity contribution in [2.24, 2.45) is 27.9 Å². The Hall–Kier alpha value is -3.42. The summed E-state index contributed by atoms with van der Waals surface area (Å²) < 4.78 is 0. The van der Waals surface area contributed by atoms with Crippen molar-refractivity contribution < 1.29 is 29.1 Å². The van der Waals surface area contributed by atoms with Crippen LogP contribution in [0.4, 0.5) is 0 Å². The summed E-state index contributed by atoms with van der Waals surface area (Å²) in [7, 11) is 0. The van der Waals surface area contributed by atoms with E-state index in [0.717, 1.165) is 0 Å². The molecule has 0 aliphatic carbocycles. The highest BCUT2D eigenvalue weighted by atomic mass is 16.4. The molecule has 0 heterocycles. The quantitative estimate of drug-likeness (QED) is 0.0814. The minimum Gasteiger partial charge on any atom is -0.480 e. The maximum atomic E-state index is 12.3. The molecule has 0 saturated heterocycles. The smallest absolute Gasteiger partial charge is 0.326 e. The van der Waals surface area contributed by atoms with Crippen LogP contribution in [-0.4, -0.2) is 71.9 Å². The van der Waals surface area contributed by atoms with Crippen molar-refractivity contribution in [1.82, 2.24) is 16.0 Å². The number of hydrogen-bond acceptors (Lipinski definition) is 7. The van der Waals surface area contributed by atoms with Gasteiger partial charge in [-0.25, -0.2) is 4.79 Å². The molecule has 0 fully saturated rings. The fourth-order valence-corrected chi connectivity index (χ4v) is 2.01. The average Bonchev–Trinajstić information content (AvgIpc) is 2.60. The molecule has 12 N–H and O–H groups in total. The molecule has 164 valence electrons. The van der Waals surface area contributed by atoms with Gasteiger partial charge >= 0.3 is 5.97 Å². The second kappa shape index (κ2) is 12.9. The third-order valence-electron chi connectivity index (χ3n) is 3.45. The zero-order chi connectivity index (χ0) is 22.6. The van der Waals surface area contributed by atoms with Crippen molar-refractivity contribution in [1.29, 1.82) is 0 Å². The van der Waals surface area contributed by atoms with Gasteiger partial charge in [0.1, 0.15) is 12.1 Å². The molecule has 0 aliphatic heterocycles. The molecule has 14 heteroatoms. The first-order valence-corrected chi connectivity index (χ1v) is 8.63. The van der Waals surface area contributed by atoms with Crippen LogP contribution in [0.3, 0.4) is 0 Å². The van der Waals surface area contributed by atoms with Gasteiger partial charge in [-0.05, 0) is 19.8 Å². The Morgan fingerprint density at radius 3 is 2.10 bits per heavy atom. The second-order valence-corrected chi connectivity index (χ2v) is 6.15. The number of nitrogens with one attached hydrogen (secondary N) is 3. The third kappa shape index (κ3) is 11.8. The van der Waals surface area contributed by atoms with E-state index in [-0.39, 0.29) is 18.9 Å². The van der Waals surface area contributed by atoms with Crippen molar-refractivity contribution in [2.45, 2.75) is 44.3 Å². The lowest BCUT2D eigenvalue weighted by atomic mass is 10.1. The van der Waals surface area contributed by atoms with Crippen LogP contribution in [0, 0.1) is 0 Å². The number of aliphatic carboxylic acids is 1. The van der Waals surface area contributed by atoms with Crippen molar-refractivity contribution in [3.05, 3.63) is 0 Å². The van der Waals surface area contributed by atoms with Gasteiger partial charge in [-0.3, -0.25) is 24.2 Å². The lowest BCUT2D eigenvalue weighted by Gasteiger charge is -2.19. The minimum absolute atomic E-state index is 0.119. The molecule has 4 amide bonds. The number of guanidine groups is 1. The molecule has 0 aliphatic rings. The fourth-order valence-electron chi connectivity index (χ4n) is 2.01. The SMILES string of the molecule is CC(N)C(=O)NC(CCCN=C(N)N)C(=O)NCC(=O)NC(CC(N)=O)C(=O)O. The van der Waals surface area contributed by atoms with Gasteiger partial charge in [0.25, 0.3) is 0 Å². The number of amides is 4. The molecule has 0 spiro atoms. The number of carbonyl (C=O) groups excluding carboxylic acids is 4. The van der Waals surface area contributed by atoms with E-state index in [9.17, 15) is 24.0 Å². The van der Waals surface area contributed by atoms with Crippen LogP contribution < -0.4 is 38.9 Å². The molecule has 0 aromatic rings. The van der Waals surface area contributed by atoms with E-state index in [1.165, 1.54) is 6.92 Å². The normalized spacial score (nSPS) is 13.3. The first-order chi connectivity index (χ1) is 13.4. The predicted octanol–water partition coefficient (Wildman–Crippen LogP) is -4.57. The Bertz CT molecular complexity index is 647. The Balaban J connectivity index is 4.81. The van der Waals surface area contributed by atoms with Gasteiger partial charge in [-0.2, -0.15) is 0 Å². The van der Waals surface area contributed by atoms with Gasteiger partial charge in [0, 0.05) is 6.54 Å². The number of carboxylic acid groups (broad SMARTS) is 1. The Kier molecular flexibility index (Phi) is 11.4. The Morgan fingerprint density at radius 2 is 1.62 bits per heavy atom. The Labute approximate surface area is 166 Å². The summed E-state index contributed by atoms with van der Waals surface area (Å²) in [6, 6.07) is -3.40. The number of carboxylic acids is 1. The number of aliphatic imine (C=N–C) groups is 1. The number of carbonyl (C=O) groups is 5. The van der Waals surface area contributed by atoms with Gasteiger partial charge < -0.3 is 44.0 Å². The van der Waals surface area contributed by atoms with Crippen LogP contribution in [0.2, 0.25) is 0 Å². The summed E-state index contributed by atoms with van der Waals surface area (Å²) in [5, 5.41) is 15.7. The minimum atomic E-state index is -1.52. The molecule has 29 heavy (non-hydrogen) atoms. The molecular formula is C15H28N8O6. The molecule has 14 nitrogen and oxygen atoms in total. The maximum Gasteiger partial charge on any atom is 0.326 e. The summed E-state index contributed by atoms with van der Waals surface area (Å²) in [6.45, 7) is 1.07. The standard InChI is InChI=1S/C15H28N8O6/c1-7(16)12(26)23-8(3-2-4-20-15(18)19)13(27)21-6-11(25)22-9(14(28)29)5-10(17)24/h7-9H,2-6,16H2,1H3,(H2,17,24)(H,21,27)(H,22,25)(H,23,26)(H,28,29)(H4,18,19,20). The predicted molar refractivity (Wildman–Crippen MR) is 102 cm³/mol. The Morgan fingerprint density at radius 1 is 1.00 bits per heavy atom. The first kappa shape index (κ1) is 25.6. The molecule has 3 atom stereocenters. The molecule has 0 bridgehead atoms. The van der Waals surface area contributed by atoms with E-state index in [4.69, 9.17) is 28.0 Å². The van der Waals surface area contributed by atoms with Gasteiger partial charge in [0.05, 0.1) is 19.0 Å². The van der Waals surface area contributed by atoms with Crippen LogP contribution in [0.5, 0.6) is 0 Å². The van der Waals surface area contributed by atoms with E-state index in [1.807, 2.05) is 0 Å². The second-order valence-electron chi connectivity index (χ2n) is 6.15. The third-order valence-corrected chi connectivity index (χ3v) is 3.45. The van der Waals surface area contributed by atoms with Gasteiger partial charge in [0.2, 0.25) is 23.6 Å². The molecule has 0 radical (unpaired) electrons. The highest BCUT2D eigenvalue weighted by Crippen LogP contribution is 2.00. The van der Waals surface area contributed by atoms with E-state index in [0.29, 0.717) is 6.42 Å². The van der Waals surface area contributed by atoms with Crippen LogP contribution in [0.15, 0.2) is 4.99 Å². The molecular weight excluding hydrogens is 388 g/mol. The highest BCUT2D eigenvalue weighted by molar-refractivity contribution is 5.93. The topological polar surface area (TPSA) is 258 Å². The molecule has 0 rings (SSSR count). The molecule has 0 saturated carbocycles. The van der Waals surface area contributed by atoms with Crippen molar-refractivity contribution >= 4 is 35.6 Å².